The van der Waals surface area contributed by atoms with Crippen LogP contribution in [0.15, 0.2) is 140 Å². The number of carbonyl (C=O) groups excluding carboxylic acids is 2. The van der Waals surface area contributed by atoms with Crippen molar-refractivity contribution >= 4 is 19.9 Å². The van der Waals surface area contributed by atoms with Crippen molar-refractivity contribution in [3.05, 3.63) is 167 Å². The maximum Gasteiger partial charge on any atom is 0.324 e. The molecule has 0 aromatic heterocycles. The summed E-state index contributed by atoms with van der Waals surface area (Å²) in [7, 11) is -2.78. The van der Waals surface area contributed by atoms with Gasteiger partial charge in [-0.2, -0.15) is 9.05 Å². The van der Waals surface area contributed by atoms with Crippen LogP contribution >= 0.6 is 7.94 Å². The zero-order chi connectivity index (χ0) is 39.1. The molecule has 2 saturated heterocycles. The van der Waals surface area contributed by atoms with E-state index in [2.05, 4.69) is 0 Å². The lowest BCUT2D eigenvalue weighted by Gasteiger charge is -2.45. The van der Waals surface area contributed by atoms with Crippen molar-refractivity contribution in [2.45, 2.75) is 48.7 Å². The second kappa shape index (κ2) is 14.7. The monoisotopic (exact) mass is 776 g/mol. The molecule has 3 aliphatic rings. The van der Waals surface area contributed by atoms with E-state index in [9.17, 15) is 9.59 Å². The average molecular weight is 777 g/mol. The van der Waals surface area contributed by atoms with E-state index in [1.807, 2.05) is 135 Å². The van der Waals surface area contributed by atoms with Crippen molar-refractivity contribution in [1.29, 1.82) is 0 Å². The van der Waals surface area contributed by atoms with Crippen LogP contribution in [-0.4, -0.2) is 50.9 Å². The normalized spacial score (nSPS) is 21.7. The summed E-state index contributed by atoms with van der Waals surface area (Å²) in [5.74, 6) is -4.39. The Hall–Kier alpha value is -5.13. The second-order valence-corrected chi connectivity index (χ2v) is 16.2. The highest BCUT2D eigenvalue weighted by molar-refractivity contribution is 7.59. The number of carbonyl (C=O) groups is 2. The predicted molar refractivity (Wildman–Crippen MR) is 203 cm³/mol. The molecule has 3 aliphatic heterocycles. The molecule has 12 heteroatoms. The van der Waals surface area contributed by atoms with Crippen LogP contribution in [0.4, 0.5) is 0 Å². The summed E-state index contributed by atoms with van der Waals surface area (Å²) in [4.78, 5) is 45.3. The smallest absolute Gasteiger partial charge is 0.324 e. The van der Waals surface area contributed by atoms with Crippen LogP contribution in [0, 0.1) is 5.92 Å². The van der Waals surface area contributed by atoms with Crippen LogP contribution in [0.3, 0.4) is 0 Å². The highest BCUT2D eigenvalue weighted by Crippen LogP contribution is 2.77. The van der Waals surface area contributed by atoms with Crippen LogP contribution < -0.4 is 14.4 Å². The van der Waals surface area contributed by atoms with Gasteiger partial charge >= 0.3 is 11.9 Å². The molecule has 3 heterocycles. The molecular formula is C44H41O11P. The first-order chi connectivity index (χ1) is 27.1. The Morgan fingerprint density at radius 3 is 1.41 bits per heavy atom. The van der Waals surface area contributed by atoms with Crippen LogP contribution in [0.25, 0.3) is 0 Å². The lowest BCUT2D eigenvalue weighted by molar-refractivity contribution is -0.252. The molecule has 11 nitrogen and oxygen atoms in total. The van der Waals surface area contributed by atoms with E-state index in [0.717, 1.165) is 14.2 Å². The number of rotatable bonds is 9. The minimum Gasteiger partial charge on any atom is -0.631 e. The van der Waals surface area contributed by atoms with E-state index in [0.29, 0.717) is 33.8 Å². The third-order valence-electron chi connectivity index (χ3n) is 10.6. The summed E-state index contributed by atoms with van der Waals surface area (Å²) in [5.41, 5.74) is -2.80. The molecular weight excluding hydrogens is 735 g/mol. The quantitative estimate of drug-likeness (QED) is 0.0872. The molecule has 5 aromatic carbocycles. The average Bonchev–Trinajstić information content (AvgIpc) is 3.83. The van der Waals surface area contributed by atoms with Gasteiger partial charge in [-0.05, 0) is 48.2 Å². The van der Waals surface area contributed by atoms with Gasteiger partial charge in [0.2, 0.25) is 6.79 Å². The molecule has 0 bridgehead atoms. The molecule has 2 fully saturated rings. The van der Waals surface area contributed by atoms with Crippen molar-refractivity contribution in [1.82, 2.24) is 0 Å². The Morgan fingerprint density at radius 2 is 1.02 bits per heavy atom. The number of benzene rings is 5. The fourth-order valence-electron chi connectivity index (χ4n) is 8.20. The molecule has 8 rings (SSSR count). The van der Waals surface area contributed by atoms with Crippen molar-refractivity contribution in [3.8, 4) is 11.5 Å². The van der Waals surface area contributed by atoms with Crippen LogP contribution in [0.1, 0.15) is 47.3 Å². The Bertz CT molecular complexity index is 1980. The predicted octanol–water partition coefficient (Wildman–Crippen LogP) is 7.00. The number of fused-ring (bicyclic) bond motifs is 2. The summed E-state index contributed by atoms with van der Waals surface area (Å²) in [5, 5.41) is 0. The fourth-order valence-corrected chi connectivity index (χ4v) is 11.0. The standard InChI is InChI=1S/C44H41O11P/c1-42(2)52-38-39(53-42)44(32-21-13-7-14-22-32,33-23-15-8-16-24-33)55-56(47,54-43(38,30-17-9-5-10-18-30)31-19-11-6-12-20-31)37(36(40(45)48-3)41(46)49-4)29-25-26-34-35(27-29)51-28-50-34/h5-27,36-39H,28H2,1-4H3/t37-,38-,39-/m1/s1. The lowest BCUT2D eigenvalue weighted by Crippen LogP contribution is -2.53. The van der Waals surface area contributed by atoms with Crippen molar-refractivity contribution in [2.24, 2.45) is 5.92 Å². The molecule has 56 heavy (non-hydrogen) atoms. The zero-order valence-electron chi connectivity index (χ0n) is 31.2. The Morgan fingerprint density at radius 1 is 0.625 bits per heavy atom. The van der Waals surface area contributed by atoms with Gasteiger partial charge in [0.15, 0.2) is 40.1 Å². The first-order valence-corrected chi connectivity index (χ1v) is 19.8. The van der Waals surface area contributed by atoms with E-state index in [-0.39, 0.29) is 12.4 Å². The number of hydrogen-bond donors (Lipinski definition) is 0. The second-order valence-electron chi connectivity index (χ2n) is 14.2. The minimum absolute atomic E-state index is 0.0599. The summed E-state index contributed by atoms with van der Waals surface area (Å²) in [6.45, 7) is 3.56. The van der Waals surface area contributed by atoms with E-state index in [1.165, 1.54) is 0 Å². The molecule has 3 atom stereocenters. The number of methoxy groups -OCH3 is 2. The summed E-state index contributed by atoms with van der Waals surface area (Å²) in [6, 6.07) is 41.9. The molecule has 0 N–H and O–H groups in total. The largest absolute Gasteiger partial charge is 0.631 e. The highest BCUT2D eigenvalue weighted by Gasteiger charge is 2.73. The van der Waals surface area contributed by atoms with Gasteiger partial charge in [0.25, 0.3) is 7.94 Å². The number of ether oxygens (including phenoxy) is 6. The topological polar surface area (TPSA) is 131 Å². The van der Waals surface area contributed by atoms with Crippen molar-refractivity contribution in [2.75, 3.05) is 21.0 Å². The van der Waals surface area contributed by atoms with Gasteiger partial charge in [0.05, 0.1) is 14.2 Å². The molecule has 288 valence electrons. The minimum atomic E-state index is -5.06. The van der Waals surface area contributed by atoms with E-state index in [1.54, 1.807) is 18.2 Å². The summed E-state index contributed by atoms with van der Waals surface area (Å²) < 4.78 is 50.8. The Labute approximate surface area is 325 Å². The lowest BCUT2D eigenvalue weighted by atomic mass is 9.72. The van der Waals surface area contributed by atoms with Gasteiger partial charge in [-0.25, -0.2) is 0 Å². The fraction of sp³-hybridized carbons (Fsp3) is 0.273. The molecule has 0 amide bonds. The molecule has 0 saturated carbocycles. The van der Waals surface area contributed by atoms with Gasteiger partial charge in [-0.3, -0.25) is 9.59 Å². The van der Waals surface area contributed by atoms with E-state index < -0.39 is 60.7 Å². The van der Waals surface area contributed by atoms with E-state index in [4.69, 9.17) is 37.5 Å². The van der Waals surface area contributed by atoms with Gasteiger partial charge in [-0.1, -0.05) is 127 Å². The third-order valence-corrected chi connectivity index (χ3v) is 12.9. The zero-order valence-corrected chi connectivity index (χ0v) is 32.1. The summed E-state index contributed by atoms with van der Waals surface area (Å²) >= 11 is 0. The Kier molecular flexibility index (Phi) is 9.95. The highest BCUT2D eigenvalue weighted by atomic mass is 31.2. The van der Waals surface area contributed by atoms with Gasteiger partial charge in [-0.15, -0.1) is 0 Å². The van der Waals surface area contributed by atoms with Crippen LogP contribution in [0.5, 0.6) is 11.5 Å². The molecule has 0 aliphatic carbocycles. The Balaban J connectivity index is 1.53. The van der Waals surface area contributed by atoms with Crippen molar-refractivity contribution in [3.63, 3.8) is 0 Å². The molecule has 0 unspecified atom stereocenters. The number of hydrogen-bond acceptors (Lipinski definition) is 11. The van der Waals surface area contributed by atoms with Crippen molar-refractivity contribution < 1.29 is 52.0 Å². The van der Waals surface area contributed by atoms with Gasteiger partial charge in [0.1, 0.15) is 12.2 Å². The van der Waals surface area contributed by atoms with Gasteiger partial charge < -0.3 is 33.3 Å². The SMILES string of the molecule is COC(=O)C(C(=O)OC)[C@@H](c1ccc2c(c1)OCO2)[P+]1([O-])OC(c2ccccc2)(c2ccccc2)[C@@H]2OC(C)(C)O[C@H]2C(c2ccccc2)(c2ccccc2)O1. The number of esters is 2. The summed E-state index contributed by atoms with van der Waals surface area (Å²) in [6.07, 6.45) is -2.16. The first-order valence-electron chi connectivity index (χ1n) is 18.2. The maximum atomic E-state index is 17.2. The van der Waals surface area contributed by atoms with Gasteiger partial charge in [0, 0.05) is 5.56 Å². The maximum absolute atomic E-state index is 17.2. The van der Waals surface area contributed by atoms with Crippen LogP contribution in [-0.2, 0) is 48.8 Å². The first kappa shape index (κ1) is 37.8. The van der Waals surface area contributed by atoms with Crippen LogP contribution in [0.2, 0.25) is 0 Å². The molecule has 0 spiro atoms. The van der Waals surface area contributed by atoms with E-state index >= 15 is 4.89 Å². The molecule has 5 aromatic rings. The third kappa shape index (κ3) is 6.25. The molecule has 0 radical (unpaired) electrons.